The first kappa shape index (κ1) is 17.1. The van der Waals surface area contributed by atoms with E-state index in [0.29, 0.717) is 11.5 Å². The summed E-state index contributed by atoms with van der Waals surface area (Å²) in [5, 5.41) is 2.48. The molecule has 1 rings (SSSR count). The summed E-state index contributed by atoms with van der Waals surface area (Å²) < 4.78 is 34.8. The molecule has 0 heterocycles. The zero-order chi connectivity index (χ0) is 16.0. The number of amides is 1. The number of ether oxygens (including phenoxy) is 2. The molecule has 0 aromatic heterocycles. The summed E-state index contributed by atoms with van der Waals surface area (Å²) >= 11 is 0. The van der Waals surface area contributed by atoms with Gasteiger partial charge in [0, 0.05) is 12.6 Å². The summed E-state index contributed by atoms with van der Waals surface area (Å²) in [6.45, 7) is -0.0407. The molecule has 0 saturated heterocycles. The molecule has 4 N–H and O–H groups in total. The Kier molecular flexibility index (Phi) is 5.79. The maximum Gasteiger partial charge on any atom is 0.253 e. The van der Waals surface area contributed by atoms with Gasteiger partial charge >= 0.3 is 0 Å². The molecule has 1 aromatic rings. The van der Waals surface area contributed by atoms with Crippen LogP contribution >= 0.6 is 0 Å². The van der Waals surface area contributed by atoms with Crippen molar-refractivity contribution in [3.8, 4) is 11.5 Å². The van der Waals surface area contributed by atoms with Crippen LogP contribution in [0.4, 0.5) is 5.69 Å². The van der Waals surface area contributed by atoms with Crippen molar-refractivity contribution in [1.82, 2.24) is 10.0 Å². The fourth-order valence-electron chi connectivity index (χ4n) is 1.57. The lowest BCUT2D eigenvalue weighted by atomic mass is 10.1. The summed E-state index contributed by atoms with van der Waals surface area (Å²) in [5.74, 6) is -0.0108. The Hall–Kier alpha value is -2.00. The van der Waals surface area contributed by atoms with Crippen molar-refractivity contribution < 1.29 is 22.7 Å². The Morgan fingerprint density at radius 2 is 1.95 bits per heavy atom. The van der Waals surface area contributed by atoms with Crippen LogP contribution in [0.1, 0.15) is 10.4 Å². The van der Waals surface area contributed by atoms with E-state index in [1.165, 1.54) is 27.3 Å². The van der Waals surface area contributed by atoms with Gasteiger partial charge in [0.15, 0.2) is 0 Å². The molecule has 0 unspecified atom stereocenters. The number of carbonyl (C=O) groups excluding carboxylic acids is 1. The number of hydrogen-bond donors (Lipinski definition) is 3. The molecule has 118 valence electrons. The fourth-order valence-corrected chi connectivity index (χ4v) is 2.15. The Labute approximate surface area is 123 Å². The average Bonchev–Trinajstić information content (AvgIpc) is 2.47. The van der Waals surface area contributed by atoms with Crippen LogP contribution in [0.15, 0.2) is 12.1 Å². The van der Waals surface area contributed by atoms with Crippen molar-refractivity contribution in [1.29, 1.82) is 0 Å². The van der Waals surface area contributed by atoms with Crippen LogP contribution in [0.3, 0.4) is 0 Å². The highest BCUT2D eigenvalue weighted by Gasteiger charge is 2.16. The highest BCUT2D eigenvalue weighted by atomic mass is 32.2. The number of nitrogens with one attached hydrogen (secondary N) is 2. The molecule has 0 aliphatic rings. The summed E-state index contributed by atoms with van der Waals surface area (Å²) in [6.07, 6.45) is 0. The summed E-state index contributed by atoms with van der Waals surface area (Å²) in [5.41, 5.74) is 6.15. The molecule has 0 fully saturated rings. The molecule has 21 heavy (non-hydrogen) atoms. The van der Waals surface area contributed by atoms with Gasteiger partial charge in [-0.3, -0.25) is 4.79 Å². The Morgan fingerprint density at radius 1 is 1.29 bits per heavy atom. The van der Waals surface area contributed by atoms with Crippen molar-refractivity contribution in [2.75, 3.05) is 39.3 Å². The second kappa shape index (κ2) is 7.14. The molecule has 0 atom stereocenters. The average molecular weight is 317 g/mol. The van der Waals surface area contributed by atoms with Crippen molar-refractivity contribution >= 4 is 21.6 Å². The number of rotatable bonds is 7. The summed E-state index contributed by atoms with van der Waals surface area (Å²) in [4.78, 5) is 12.1. The van der Waals surface area contributed by atoms with Gasteiger partial charge in [-0.05, 0) is 13.1 Å². The van der Waals surface area contributed by atoms with Gasteiger partial charge in [-0.2, -0.15) is 0 Å². The number of nitrogens with two attached hydrogens (primary N) is 1. The van der Waals surface area contributed by atoms with E-state index >= 15 is 0 Å². The minimum absolute atomic E-state index is 0.0407. The quantitative estimate of drug-likeness (QED) is 0.587. The van der Waals surface area contributed by atoms with Crippen molar-refractivity contribution in [2.24, 2.45) is 0 Å². The Bertz CT molecular complexity index is 616. The first-order chi connectivity index (χ1) is 9.84. The van der Waals surface area contributed by atoms with Gasteiger partial charge in [0.05, 0.1) is 31.2 Å². The van der Waals surface area contributed by atoms with E-state index in [4.69, 9.17) is 15.2 Å². The number of benzene rings is 1. The third-order valence-corrected chi connectivity index (χ3v) is 4.15. The van der Waals surface area contributed by atoms with Crippen LogP contribution in [-0.4, -0.2) is 47.9 Å². The molecular weight excluding hydrogens is 298 g/mol. The van der Waals surface area contributed by atoms with E-state index in [9.17, 15) is 13.2 Å². The van der Waals surface area contributed by atoms with E-state index in [-0.39, 0.29) is 23.5 Å². The predicted molar refractivity (Wildman–Crippen MR) is 79.1 cm³/mol. The molecule has 0 aliphatic heterocycles. The normalized spacial score (nSPS) is 11.0. The summed E-state index contributed by atoms with van der Waals surface area (Å²) in [7, 11) is 0.803. The molecule has 9 heteroatoms. The van der Waals surface area contributed by atoms with Crippen LogP contribution in [-0.2, 0) is 10.0 Å². The monoisotopic (exact) mass is 317 g/mol. The third kappa shape index (κ3) is 4.50. The molecule has 0 spiro atoms. The fraction of sp³-hybridized carbons (Fsp3) is 0.417. The molecule has 0 saturated carbocycles. The highest BCUT2D eigenvalue weighted by Crippen LogP contribution is 2.30. The molecule has 8 nitrogen and oxygen atoms in total. The minimum atomic E-state index is -3.38. The van der Waals surface area contributed by atoms with Crippen LogP contribution in [0.25, 0.3) is 0 Å². The number of nitrogen functional groups attached to an aromatic ring is 1. The second-order valence-electron chi connectivity index (χ2n) is 4.07. The lowest BCUT2D eigenvalue weighted by molar-refractivity contribution is 0.0956. The Morgan fingerprint density at radius 3 is 2.48 bits per heavy atom. The van der Waals surface area contributed by atoms with Gasteiger partial charge in [-0.15, -0.1) is 0 Å². The SMILES string of the molecule is CNS(=O)(=O)CCNC(=O)c1cc(OC)cc(OC)c1N. The minimum Gasteiger partial charge on any atom is -0.497 e. The van der Waals surface area contributed by atoms with Crippen LogP contribution in [0.2, 0.25) is 0 Å². The van der Waals surface area contributed by atoms with Gasteiger partial charge in [-0.25, -0.2) is 13.1 Å². The maximum atomic E-state index is 12.1. The molecule has 1 aromatic carbocycles. The molecule has 0 aliphatic carbocycles. The molecule has 0 radical (unpaired) electrons. The molecule has 1 amide bonds. The number of carbonyl (C=O) groups is 1. The predicted octanol–water partition coefficient (Wildman–Crippen LogP) is -0.435. The van der Waals surface area contributed by atoms with Crippen molar-refractivity contribution in [3.63, 3.8) is 0 Å². The van der Waals surface area contributed by atoms with Crippen LogP contribution in [0, 0.1) is 0 Å². The van der Waals surface area contributed by atoms with E-state index in [2.05, 4.69) is 10.0 Å². The third-order valence-electron chi connectivity index (χ3n) is 2.78. The number of anilines is 1. The first-order valence-corrected chi connectivity index (χ1v) is 7.70. The van der Waals surface area contributed by atoms with Crippen LogP contribution in [0.5, 0.6) is 11.5 Å². The zero-order valence-corrected chi connectivity index (χ0v) is 12.9. The topological polar surface area (TPSA) is 120 Å². The standard InChI is InChI=1S/C12H19N3O5S/c1-14-21(17,18)5-4-15-12(16)9-6-8(19-2)7-10(20-3)11(9)13/h6-7,14H,4-5,13H2,1-3H3,(H,15,16). The largest absolute Gasteiger partial charge is 0.497 e. The van der Waals surface area contributed by atoms with Crippen LogP contribution < -0.4 is 25.2 Å². The highest BCUT2D eigenvalue weighted by molar-refractivity contribution is 7.89. The molecular formula is C12H19N3O5S. The van der Waals surface area contributed by atoms with Crippen molar-refractivity contribution in [3.05, 3.63) is 17.7 Å². The smallest absolute Gasteiger partial charge is 0.253 e. The lowest BCUT2D eigenvalue weighted by Gasteiger charge is -2.12. The van der Waals surface area contributed by atoms with E-state index in [0.717, 1.165) is 0 Å². The number of hydrogen-bond acceptors (Lipinski definition) is 6. The van der Waals surface area contributed by atoms with Gasteiger partial charge in [0.2, 0.25) is 10.0 Å². The first-order valence-electron chi connectivity index (χ1n) is 6.05. The summed E-state index contributed by atoms with van der Waals surface area (Å²) in [6, 6.07) is 3.01. The Balaban J connectivity index is 2.87. The van der Waals surface area contributed by atoms with Gasteiger partial charge in [-0.1, -0.05) is 0 Å². The molecule has 0 bridgehead atoms. The number of sulfonamides is 1. The second-order valence-corrected chi connectivity index (χ2v) is 6.12. The lowest BCUT2D eigenvalue weighted by Crippen LogP contribution is -2.33. The van der Waals surface area contributed by atoms with Gasteiger partial charge in [0.25, 0.3) is 5.91 Å². The number of methoxy groups -OCH3 is 2. The maximum absolute atomic E-state index is 12.1. The zero-order valence-electron chi connectivity index (χ0n) is 12.1. The van der Waals surface area contributed by atoms with E-state index < -0.39 is 15.9 Å². The van der Waals surface area contributed by atoms with Gasteiger partial charge < -0.3 is 20.5 Å². The van der Waals surface area contributed by atoms with Crippen molar-refractivity contribution in [2.45, 2.75) is 0 Å². The van der Waals surface area contributed by atoms with E-state index in [1.54, 1.807) is 6.07 Å². The van der Waals surface area contributed by atoms with E-state index in [1.807, 2.05) is 0 Å². The van der Waals surface area contributed by atoms with Gasteiger partial charge in [0.1, 0.15) is 11.5 Å².